The van der Waals surface area contributed by atoms with Crippen molar-refractivity contribution in [1.82, 2.24) is 9.71 Å². The molecule has 0 saturated heterocycles. The van der Waals surface area contributed by atoms with Crippen LogP contribution in [0, 0.1) is 5.41 Å². The van der Waals surface area contributed by atoms with Gasteiger partial charge in [0.25, 0.3) is 0 Å². The number of H-pyrrole nitrogens is 1. The number of hydrogen-bond donors (Lipinski definition) is 2. The number of rotatable bonds is 5. The van der Waals surface area contributed by atoms with E-state index in [2.05, 4.69) is 23.6 Å². The molecule has 0 unspecified atom stereocenters. The van der Waals surface area contributed by atoms with Gasteiger partial charge < -0.3 is 4.98 Å². The number of carbonyl (C=O) groups excluding carboxylic acids is 1. The first-order valence-corrected chi connectivity index (χ1v) is 11.1. The fourth-order valence-corrected chi connectivity index (χ4v) is 5.66. The summed E-state index contributed by atoms with van der Waals surface area (Å²) in [6.45, 7) is 11.8. The lowest BCUT2D eigenvalue weighted by atomic mass is 9.76. The van der Waals surface area contributed by atoms with Gasteiger partial charge >= 0.3 is 0 Å². The Bertz CT molecular complexity index is 1010. The summed E-state index contributed by atoms with van der Waals surface area (Å²) in [6.07, 6.45) is 2.57. The number of benzene rings is 1. The number of ketones is 1. The molecule has 1 aromatic heterocycles. The molecule has 0 aliphatic heterocycles. The second-order valence-electron chi connectivity index (χ2n) is 9.12. The average Bonchev–Trinajstić information content (AvgIpc) is 2.88. The van der Waals surface area contributed by atoms with Crippen LogP contribution < -0.4 is 4.72 Å². The third kappa shape index (κ3) is 3.69. The van der Waals surface area contributed by atoms with Crippen LogP contribution in [0.5, 0.6) is 0 Å². The van der Waals surface area contributed by atoms with Crippen molar-refractivity contribution in [2.24, 2.45) is 5.41 Å². The van der Waals surface area contributed by atoms with Crippen LogP contribution in [0.1, 0.15) is 76.0 Å². The number of aromatic nitrogens is 1. The van der Waals surface area contributed by atoms with E-state index in [0.717, 1.165) is 34.1 Å². The number of hydrogen-bond acceptors (Lipinski definition) is 3. The molecule has 0 saturated carbocycles. The SMILES string of the molecule is CCc1cc2c3c([nH]c2cc1S(=O)(=O)NC(C)(C)CC)CC(C)(C)CC3=O. The van der Waals surface area contributed by atoms with Gasteiger partial charge in [-0.1, -0.05) is 27.7 Å². The van der Waals surface area contributed by atoms with Gasteiger partial charge in [0.2, 0.25) is 10.0 Å². The quantitative estimate of drug-likeness (QED) is 0.796. The van der Waals surface area contributed by atoms with Gasteiger partial charge in [0.05, 0.1) is 4.90 Å². The van der Waals surface area contributed by atoms with Gasteiger partial charge in [-0.25, -0.2) is 13.1 Å². The van der Waals surface area contributed by atoms with Crippen molar-refractivity contribution < 1.29 is 13.2 Å². The summed E-state index contributed by atoms with van der Waals surface area (Å²) in [4.78, 5) is 16.4. The molecule has 0 fully saturated rings. The van der Waals surface area contributed by atoms with E-state index in [1.165, 1.54) is 0 Å². The van der Waals surface area contributed by atoms with E-state index < -0.39 is 15.6 Å². The van der Waals surface area contributed by atoms with E-state index >= 15 is 0 Å². The summed E-state index contributed by atoms with van der Waals surface area (Å²) in [5.41, 5.74) is 2.52. The van der Waals surface area contributed by atoms with Gasteiger partial charge in [-0.05, 0) is 56.2 Å². The average molecular weight is 391 g/mol. The van der Waals surface area contributed by atoms with Crippen molar-refractivity contribution in [1.29, 1.82) is 0 Å². The fraction of sp³-hybridized carbons (Fsp3) is 0.571. The summed E-state index contributed by atoms with van der Waals surface area (Å²) in [7, 11) is -3.66. The Morgan fingerprint density at radius 3 is 2.44 bits per heavy atom. The standard InChI is InChI=1S/C21H30N2O3S/c1-7-13-9-14-15(10-18(13)27(25,26)23-21(5,6)8-2)22-16-11-20(3,4)12-17(24)19(14)16/h9-10,22-23H,7-8,11-12H2,1-6H3. The summed E-state index contributed by atoms with van der Waals surface area (Å²) in [5, 5.41) is 0.844. The molecule has 2 aromatic rings. The summed E-state index contributed by atoms with van der Waals surface area (Å²) >= 11 is 0. The first kappa shape index (κ1) is 20.1. The van der Waals surface area contributed by atoms with Crippen LogP contribution >= 0.6 is 0 Å². The molecule has 6 heteroatoms. The molecule has 0 atom stereocenters. The van der Waals surface area contributed by atoms with Crippen molar-refractivity contribution in [2.75, 3.05) is 0 Å². The van der Waals surface area contributed by atoms with E-state index in [4.69, 9.17) is 0 Å². The third-order valence-corrected chi connectivity index (χ3v) is 7.38. The van der Waals surface area contributed by atoms with Crippen LogP contribution in [0.4, 0.5) is 0 Å². The lowest BCUT2D eigenvalue weighted by Gasteiger charge is -2.28. The molecular formula is C21H30N2O3S. The Hall–Kier alpha value is -1.66. The number of carbonyl (C=O) groups is 1. The Kier molecular flexibility index (Phi) is 4.80. The molecule has 2 N–H and O–H groups in total. The van der Waals surface area contributed by atoms with Crippen molar-refractivity contribution in [3.05, 3.63) is 29.0 Å². The highest BCUT2D eigenvalue weighted by atomic mass is 32.2. The van der Waals surface area contributed by atoms with Crippen LogP contribution in [0.3, 0.4) is 0 Å². The van der Waals surface area contributed by atoms with Gasteiger partial charge in [0.15, 0.2) is 5.78 Å². The van der Waals surface area contributed by atoms with Gasteiger partial charge in [-0.15, -0.1) is 0 Å². The third-order valence-electron chi connectivity index (χ3n) is 5.60. The molecule has 5 nitrogen and oxygen atoms in total. The lowest BCUT2D eigenvalue weighted by Crippen LogP contribution is -2.42. The summed E-state index contributed by atoms with van der Waals surface area (Å²) < 4.78 is 28.9. The maximum atomic E-state index is 13.0. The second kappa shape index (κ2) is 6.45. The van der Waals surface area contributed by atoms with Crippen molar-refractivity contribution in [2.45, 2.75) is 77.7 Å². The molecule has 0 radical (unpaired) electrons. The van der Waals surface area contributed by atoms with Gasteiger partial charge in [0.1, 0.15) is 0 Å². The Labute approximate surface area is 162 Å². The zero-order chi connectivity index (χ0) is 20.2. The molecule has 1 aromatic carbocycles. The van der Waals surface area contributed by atoms with E-state index in [1.807, 2.05) is 33.8 Å². The first-order chi connectivity index (χ1) is 12.4. The van der Waals surface area contributed by atoms with Crippen molar-refractivity contribution in [3.8, 4) is 0 Å². The molecule has 148 valence electrons. The summed E-state index contributed by atoms with van der Waals surface area (Å²) in [5.74, 6) is 0.135. The van der Waals surface area contributed by atoms with E-state index in [9.17, 15) is 13.2 Å². The minimum absolute atomic E-state index is 0.0832. The minimum atomic E-state index is -3.66. The number of aryl methyl sites for hydroxylation is 1. The Morgan fingerprint density at radius 1 is 1.19 bits per heavy atom. The molecule has 3 rings (SSSR count). The monoisotopic (exact) mass is 390 g/mol. The predicted octanol–water partition coefficient (Wildman–Crippen LogP) is 4.35. The molecule has 0 spiro atoms. The van der Waals surface area contributed by atoms with Gasteiger partial charge in [0, 0.05) is 34.1 Å². The van der Waals surface area contributed by atoms with E-state index in [-0.39, 0.29) is 11.2 Å². The molecule has 0 amide bonds. The van der Waals surface area contributed by atoms with Gasteiger partial charge in [-0.3, -0.25) is 4.79 Å². The van der Waals surface area contributed by atoms with Crippen molar-refractivity contribution in [3.63, 3.8) is 0 Å². The zero-order valence-electron chi connectivity index (χ0n) is 17.1. The molecule has 0 bridgehead atoms. The lowest BCUT2D eigenvalue weighted by molar-refractivity contribution is 0.0913. The predicted molar refractivity (Wildman–Crippen MR) is 109 cm³/mol. The maximum Gasteiger partial charge on any atom is 0.241 e. The first-order valence-electron chi connectivity index (χ1n) is 9.64. The second-order valence-corrected chi connectivity index (χ2v) is 10.8. The zero-order valence-corrected chi connectivity index (χ0v) is 17.9. The molecule has 1 heterocycles. The summed E-state index contributed by atoms with van der Waals surface area (Å²) in [6, 6.07) is 3.58. The number of fused-ring (bicyclic) bond motifs is 3. The maximum absolute atomic E-state index is 13.0. The van der Waals surface area contributed by atoms with E-state index in [0.29, 0.717) is 24.2 Å². The highest BCUT2D eigenvalue weighted by Gasteiger charge is 2.34. The number of Topliss-reactive ketones (excluding diaryl/α,β-unsaturated/α-hetero) is 1. The largest absolute Gasteiger partial charge is 0.358 e. The number of nitrogens with one attached hydrogen (secondary N) is 2. The van der Waals surface area contributed by atoms with Gasteiger partial charge in [-0.2, -0.15) is 0 Å². The van der Waals surface area contributed by atoms with Crippen LogP contribution in [-0.2, 0) is 22.9 Å². The Balaban J connectivity index is 2.19. The molecule has 1 aliphatic rings. The topological polar surface area (TPSA) is 79.0 Å². The molecular weight excluding hydrogens is 360 g/mol. The number of sulfonamides is 1. The highest BCUT2D eigenvalue weighted by Crippen LogP contribution is 2.39. The van der Waals surface area contributed by atoms with Crippen LogP contribution in [0.25, 0.3) is 10.9 Å². The molecule has 27 heavy (non-hydrogen) atoms. The number of aromatic amines is 1. The highest BCUT2D eigenvalue weighted by molar-refractivity contribution is 7.89. The van der Waals surface area contributed by atoms with Crippen molar-refractivity contribution >= 4 is 26.7 Å². The minimum Gasteiger partial charge on any atom is -0.358 e. The van der Waals surface area contributed by atoms with Crippen LogP contribution in [0.15, 0.2) is 17.0 Å². The fourth-order valence-electron chi connectivity index (χ4n) is 3.86. The van der Waals surface area contributed by atoms with Crippen LogP contribution in [0.2, 0.25) is 0 Å². The normalized spacial score (nSPS) is 17.3. The van der Waals surface area contributed by atoms with E-state index in [1.54, 1.807) is 6.07 Å². The smallest absolute Gasteiger partial charge is 0.241 e. The Morgan fingerprint density at radius 2 is 1.85 bits per heavy atom. The van der Waals surface area contributed by atoms with Crippen LogP contribution in [-0.4, -0.2) is 24.7 Å². The molecule has 1 aliphatic carbocycles.